The molecule has 1 unspecified atom stereocenters. The van der Waals surface area contributed by atoms with Gasteiger partial charge in [0.25, 0.3) is 0 Å². The molecule has 1 heteroatoms. The lowest BCUT2D eigenvalue weighted by atomic mass is 9.91. The van der Waals surface area contributed by atoms with Crippen molar-refractivity contribution in [3.05, 3.63) is 72.3 Å². The zero-order chi connectivity index (χ0) is 16.6. The van der Waals surface area contributed by atoms with E-state index in [9.17, 15) is 0 Å². The first-order valence-corrected chi connectivity index (χ1v) is 9.13. The van der Waals surface area contributed by atoms with Gasteiger partial charge in [-0.1, -0.05) is 99.3 Å². The molecule has 23 heavy (non-hydrogen) atoms. The fraction of sp³-hybridized carbons (Fsp3) is 0.455. The molecule has 0 saturated heterocycles. The van der Waals surface area contributed by atoms with E-state index in [1.54, 1.807) is 0 Å². The molecule has 0 aliphatic rings. The van der Waals surface area contributed by atoms with Crippen LogP contribution in [0.15, 0.2) is 66.7 Å². The van der Waals surface area contributed by atoms with Gasteiger partial charge in [-0.2, -0.15) is 0 Å². The van der Waals surface area contributed by atoms with Crippen molar-refractivity contribution in [2.24, 2.45) is 5.73 Å². The molecule has 0 aromatic heterocycles. The van der Waals surface area contributed by atoms with Gasteiger partial charge in [0.1, 0.15) is 0 Å². The van der Waals surface area contributed by atoms with Gasteiger partial charge < -0.3 is 5.73 Å². The summed E-state index contributed by atoms with van der Waals surface area (Å²) in [6.45, 7) is 3.15. The molecule has 2 N–H and O–H groups in total. The molecule has 0 spiro atoms. The second-order valence-electron chi connectivity index (χ2n) is 6.02. The predicted molar refractivity (Wildman–Crippen MR) is 103 cm³/mol. The Morgan fingerprint density at radius 1 is 0.696 bits per heavy atom. The van der Waals surface area contributed by atoms with Crippen LogP contribution >= 0.6 is 0 Å². The SMILES string of the molecule is CCC(CCCCCCCN)c1ccccc1.c1ccccc1. The van der Waals surface area contributed by atoms with Crippen LogP contribution in [0.4, 0.5) is 0 Å². The third kappa shape index (κ3) is 9.91. The van der Waals surface area contributed by atoms with Crippen molar-refractivity contribution in [2.45, 2.75) is 57.8 Å². The van der Waals surface area contributed by atoms with Crippen LogP contribution in [0.5, 0.6) is 0 Å². The molecule has 1 nitrogen and oxygen atoms in total. The van der Waals surface area contributed by atoms with E-state index in [4.69, 9.17) is 5.73 Å². The molecule has 0 radical (unpaired) electrons. The first-order valence-electron chi connectivity index (χ1n) is 9.13. The Morgan fingerprint density at radius 3 is 1.70 bits per heavy atom. The van der Waals surface area contributed by atoms with Gasteiger partial charge in [-0.15, -0.1) is 0 Å². The van der Waals surface area contributed by atoms with Crippen LogP contribution in [0, 0.1) is 0 Å². The highest BCUT2D eigenvalue weighted by Crippen LogP contribution is 2.25. The maximum absolute atomic E-state index is 5.49. The van der Waals surface area contributed by atoms with Gasteiger partial charge >= 0.3 is 0 Å². The number of hydrogen-bond donors (Lipinski definition) is 1. The van der Waals surface area contributed by atoms with Gasteiger partial charge in [0, 0.05) is 0 Å². The molecule has 0 aliphatic carbocycles. The summed E-state index contributed by atoms with van der Waals surface area (Å²) < 4.78 is 0. The average molecular weight is 312 g/mol. The summed E-state index contributed by atoms with van der Waals surface area (Å²) in [5.74, 6) is 0.755. The van der Waals surface area contributed by atoms with Crippen molar-refractivity contribution in [3.8, 4) is 0 Å². The third-order valence-corrected chi connectivity index (χ3v) is 4.19. The summed E-state index contributed by atoms with van der Waals surface area (Å²) in [4.78, 5) is 0. The molecule has 2 rings (SSSR count). The van der Waals surface area contributed by atoms with Crippen LogP contribution in [0.1, 0.15) is 63.4 Å². The molecule has 2 aromatic rings. The minimum absolute atomic E-state index is 0.755. The number of nitrogens with two attached hydrogens (primary N) is 1. The standard InChI is InChI=1S/C16H27N.C6H6/c1-2-15(16-12-8-6-9-13-16)11-7-4-3-5-10-14-17;1-2-4-6-5-3-1/h6,8-9,12-13,15H,2-5,7,10-11,14,17H2,1H3;1-6H. The van der Waals surface area contributed by atoms with E-state index in [1.165, 1.54) is 50.5 Å². The molecule has 0 heterocycles. The molecule has 0 saturated carbocycles. The second kappa shape index (κ2) is 14.0. The lowest BCUT2D eigenvalue weighted by Crippen LogP contribution is -1.99. The summed E-state index contributed by atoms with van der Waals surface area (Å²) in [6.07, 6.45) is 9.16. The van der Waals surface area contributed by atoms with E-state index < -0.39 is 0 Å². The van der Waals surface area contributed by atoms with E-state index in [0.29, 0.717) is 0 Å². The number of hydrogen-bond acceptors (Lipinski definition) is 1. The number of unbranched alkanes of at least 4 members (excludes halogenated alkanes) is 4. The van der Waals surface area contributed by atoms with Crippen molar-refractivity contribution in [1.82, 2.24) is 0 Å². The number of benzene rings is 2. The first-order chi connectivity index (χ1) is 11.4. The van der Waals surface area contributed by atoms with Crippen LogP contribution in [-0.4, -0.2) is 6.54 Å². The summed E-state index contributed by atoms with van der Waals surface area (Å²) in [6, 6.07) is 22.9. The Morgan fingerprint density at radius 2 is 1.17 bits per heavy atom. The monoisotopic (exact) mass is 311 g/mol. The second-order valence-corrected chi connectivity index (χ2v) is 6.02. The molecule has 126 valence electrons. The Balaban J connectivity index is 0.000000366. The molecule has 1 atom stereocenters. The van der Waals surface area contributed by atoms with Gasteiger partial charge in [0.2, 0.25) is 0 Å². The molecule has 0 amide bonds. The van der Waals surface area contributed by atoms with E-state index in [2.05, 4.69) is 37.3 Å². The van der Waals surface area contributed by atoms with Crippen LogP contribution in [0.3, 0.4) is 0 Å². The fourth-order valence-electron chi connectivity index (χ4n) is 2.78. The maximum Gasteiger partial charge on any atom is -0.00773 e. The lowest BCUT2D eigenvalue weighted by molar-refractivity contribution is 0.532. The van der Waals surface area contributed by atoms with E-state index in [1.807, 2.05) is 36.4 Å². The molecule has 0 bridgehead atoms. The number of rotatable bonds is 9. The quantitative estimate of drug-likeness (QED) is 0.551. The molecular formula is C22H33N. The van der Waals surface area contributed by atoms with Crippen LogP contribution in [0.25, 0.3) is 0 Å². The highest BCUT2D eigenvalue weighted by Gasteiger charge is 2.07. The van der Waals surface area contributed by atoms with Gasteiger partial charge in [-0.3, -0.25) is 0 Å². The summed E-state index contributed by atoms with van der Waals surface area (Å²) in [7, 11) is 0. The van der Waals surface area contributed by atoms with Crippen LogP contribution < -0.4 is 5.73 Å². The lowest BCUT2D eigenvalue weighted by Gasteiger charge is -2.15. The predicted octanol–water partition coefficient (Wildman–Crippen LogP) is 6.17. The van der Waals surface area contributed by atoms with Crippen molar-refractivity contribution >= 4 is 0 Å². The third-order valence-electron chi connectivity index (χ3n) is 4.19. The Kier molecular flexibility index (Phi) is 11.9. The normalized spacial score (nSPS) is 11.4. The Bertz CT molecular complexity index is 425. The zero-order valence-corrected chi connectivity index (χ0v) is 14.7. The highest BCUT2D eigenvalue weighted by molar-refractivity contribution is 5.19. The maximum atomic E-state index is 5.49. The summed E-state index contributed by atoms with van der Waals surface area (Å²) in [5.41, 5.74) is 7.00. The highest BCUT2D eigenvalue weighted by atomic mass is 14.5. The first kappa shape index (κ1) is 19.4. The van der Waals surface area contributed by atoms with Crippen molar-refractivity contribution in [1.29, 1.82) is 0 Å². The zero-order valence-electron chi connectivity index (χ0n) is 14.7. The summed E-state index contributed by atoms with van der Waals surface area (Å²) >= 11 is 0. The molecule has 0 fully saturated rings. The Hall–Kier alpha value is -1.60. The van der Waals surface area contributed by atoms with Crippen molar-refractivity contribution in [3.63, 3.8) is 0 Å². The van der Waals surface area contributed by atoms with Crippen LogP contribution in [0.2, 0.25) is 0 Å². The molecule has 0 aliphatic heterocycles. The smallest absolute Gasteiger partial charge is 0.00773 e. The van der Waals surface area contributed by atoms with Gasteiger partial charge in [-0.05, 0) is 37.3 Å². The van der Waals surface area contributed by atoms with Gasteiger partial charge in [0.05, 0.1) is 0 Å². The van der Waals surface area contributed by atoms with E-state index in [0.717, 1.165) is 12.5 Å². The summed E-state index contributed by atoms with van der Waals surface area (Å²) in [5, 5.41) is 0. The topological polar surface area (TPSA) is 26.0 Å². The molecule has 2 aromatic carbocycles. The van der Waals surface area contributed by atoms with Crippen molar-refractivity contribution < 1.29 is 0 Å². The van der Waals surface area contributed by atoms with Gasteiger partial charge in [-0.25, -0.2) is 0 Å². The van der Waals surface area contributed by atoms with Crippen LogP contribution in [-0.2, 0) is 0 Å². The molecular weight excluding hydrogens is 278 g/mol. The Labute approximate surface area is 142 Å². The van der Waals surface area contributed by atoms with Crippen molar-refractivity contribution in [2.75, 3.05) is 6.54 Å². The van der Waals surface area contributed by atoms with E-state index >= 15 is 0 Å². The average Bonchev–Trinajstić information content (AvgIpc) is 2.64. The van der Waals surface area contributed by atoms with E-state index in [-0.39, 0.29) is 0 Å². The fourth-order valence-corrected chi connectivity index (χ4v) is 2.78. The largest absolute Gasteiger partial charge is 0.330 e. The minimum Gasteiger partial charge on any atom is -0.330 e. The van der Waals surface area contributed by atoms with Gasteiger partial charge in [0.15, 0.2) is 0 Å². The minimum atomic E-state index is 0.755.